The van der Waals surface area contributed by atoms with Crippen molar-refractivity contribution in [1.29, 1.82) is 0 Å². The first-order chi connectivity index (χ1) is 13.7. The standard InChI is InChI=1S/2C11H13NO2/c1-9-10(8-14-12-9)7-13-11-5-3-2-4-6-11;1-9-7-11(14-12-9)8-13-10-5-3-2-4-6-10/h2-6,10H,7-8H2,1H3;2-6,11H,7-8H2,1H3. The van der Waals surface area contributed by atoms with E-state index in [1.165, 1.54) is 0 Å². The molecule has 4 rings (SSSR count). The summed E-state index contributed by atoms with van der Waals surface area (Å²) in [5.41, 5.74) is 2.05. The summed E-state index contributed by atoms with van der Waals surface area (Å²) in [5.74, 6) is 2.07. The highest BCUT2D eigenvalue weighted by Gasteiger charge is 2.20. The van der Waals surface area contributed by atoms with E-state index in [1.54, 1.807) is 0 Å². The first-order valence-electron chi connectivity index (χ1n) is 9.42. The second kappa shape index (κ2) is 10.3. The van der Waals surface area contributed by atoms with Gasteiger partial charge in [0.05, 0.1) is 23.9 Å². The molecule has 2 aromatic carbocycles. The lowest BCUT2D eigenvalue weighted by molar-refractivity contribution is 0.0471. The Bertz CT molecular complexity index is 778. The van der Waals surface area contributed by atoms with Gasteiger partial charge in [0.25, 0.3) is 0 Å². The zero-order valence-electron chi connectivity index (χ0n) is 16.3. The quantitative estimate of drug-likeness (QED) is 0.747. The molecule has 6 nitrogen and oxygen atoms in total. The summed E-state index contributed by atoms with van der Waals surface area (Å²) in [6.07, 6.45) is 0.947. The van der Waals surface area contributed by atoms with E-state index >= 15 is 0 Å². The molecule has 2 unspecified atom stereocenters. The summed E-state index contributed by atoms with van der Waals surface area (Å²) in [4.78, 5) is 10.1. The number of rotatable bonds is 6. The Hall–Kier alpha value is -3.02. The molecule has 0 saturated carbocycles. The Morgan fingerprint density at radius 2 is 1.46 bits per heavy atom. The fourth-order valence-electron chi connectivity index (χ4n) is 2.67. The van der Waals surface area contributed by atoms with Crippen molar-refractivity contribution in [2.45, 2.75) is 26.4 Å². The zero-order chi connectivity index (χ0) is 19.6. The summed E-state index contributed by atoms with van der Waals surface area (Å²) in [7, 11) is 0. The van der Waals surface area contributed by atoms with E-state index in [4.69, 9.17) is 19.1 Å². The van der Waals surface area contributed by atoms with E-state index in [-0.39, 0.29) is 6.10 Å². The fraction of sp³-hybridized carbons (Fsp3) is 0.364. The van der Waals surface area contributed by atoms with Crippen molar-refractivity contribution < 1.29 is 19.1 Å². The molecule has 6 heteroatoms. The normalized spacial score (nSPS) is 20.1. The summed E-state index contributed by atoms with van der Waals surface area (Å²) >= 11 is 0. The summed E-state index contributed by atoms with van der Waals surface area (Å²) < 4.78 is 11.1. The zero-order valence-corrected chi connectivity index (χ0v) is 16.3. The third-order valence-corrected chi connectivity index (χ3v) is 4.33. The topological polar surface area (TPSA) is 61.6 Å². The maximum atomic E-state index is 5.60. The average Bonchev–Trinajstić information content (AvgIpc) is 3.34. The Morgan fingerprint density at radius 3 is 1.96 bits per heavy atom. The first-order valence-corrected chi connectivity index (χ1v) is 9.42. The van der Waals surface area contributed by atoms with Crippen LogP contribution in [0.1, 0.15) is 20.3 Å². The molecule has 2 heterocycles. The maximum absolute atomic E-state index is 5.60. The lowest BCUT2D eigenvalue weighted by Gasteiger charge is -2.09. The highest BCUT2D eigenvalue weighted by molar-refractivity contribution is 5.85. The van der Waals surface area contributed by atoms with E-state index in [9.17, 15) is 0 Å². The van der Waals surface area contributed by atoms with Crippen LogP contribution in [0.4, 0.5) is 0 Å². The van der Waals surface area contributed by atoms with Crippen molar-refractivity contribution in [3.63, 3.8) is 0 Å². The molecule has 0 saturated heterocycles. The number of para-hydroxylation sites is 2. The van der Waals surface area contributed by atoms with Gasteiger partial charge in [-0.25, -0.2) is 0 Å². The van der Waals surface area contributed by atoms with Crippen molar-refractivity contribution in [2.24, 2.45) is 16.2 Å². The molecule has 0 N–H and O–H groups in total. The van der Waals surface area contributed by atoms with Crippen LogP contribution >= 0.6 is 0 Å². The fourth-order valence-corrected chi connectivity index (χ4v) is 2.67. The molecule has 2 atom stereocenters. The van der Waals surface area contributed by atoms with E-state index in [1.807, 2.05) is 74.5 Å². The monoisotopic (exact) mass is 382 g/mol. The molecule has 2 aromatic rings. The van der Waals surface area contributed by atoms with E-state index in [2.05, 4.69) is 10.3 Å². The van der Waals surface area contributed by atoms with Crippen molar-refractivity contribution in [3.05, 3.63) is 60.7 Å². The summed E-state index contributed by atoms with van der Waals surface area (Å²) in [5, 5.41) is 7.73. The number of benzene rings is 2. The third kappa shape index (κ3) is 6.30. The predicted molar refractivity (Wildman–Crippen MR) is 109 cm³/mol. The Morgan fingerprint density at radius 1 is 0.857 bits per heavy atom. The van der Waals surface area contributed by atoms with E-state index < -0.39 is 0 Å². The van der Waals surface area contributed by atoms with Gasteiger partial charge < -0.3 is 19.1 Å². The largest absolute Gasteiger partial charge is 0.493 e. The number of nitrogens with zero attached hydrogens (tertiary/aromatic N) is 2. The molecule has 0 amide bonds. The van der Waals surface area contributed by atoms with Gasteiger partial charge in [-0.3, -0.25) is 0 Å². The Kier molecular flexibility index (Phi) is 7.29. The molecule has 0 bridgehead atoms. The van der Waals surface area contributed by atoms with E-state index in [0.717, 1.165) is 29.3 Å². The van der Waals surface area contributed by atoms with Gasteiger partial charge in [-0.2, -0.15) is 0 Å². The van der Waals surface area contributed by atoms with Crippen LogP contribution in [-0.2, 0) is 9.68 Å². The van der Waals surface area contributed by atoms with Crippen molar-refractivity contribution in [2.75, 3.05) is 19.8 Å². The van der Waals surface area contributed by atoms with Crippen LogP contribution in [0.3, 0.4) is 0 Å². The molecule has 2 aliphatic heterocycles. The molecule has 0 radical (unpaired) electrons. The van der Waals surface area contributed by atoms with Gasteiger partial charge in [-0.05, 0) is 38.1 Å². The maximum Gasteiger partial charge on any atom is 0.166 e. The van der Waals surface area contributed by atoms with Crippen LogP contribution in [0.5, 0.6) is 11.5 Å². The molecular weight excluding hydrogens is 356 g/mol. The number of hydrogen-bond acceptors (Lipinski definition) is 6. The smallest absolute Gasteiger partial charge is 0.166 e. The van der Waals surface area contributed by atoms with Crippen molar-refractivity contribution in [1.82, 2.24) is 0 Å². The second-order valence-corrected chi connectivity index (χ2v) is 6.73. The highest BCUT2D eigenvalue weighted by Crippen LogP contribution is 2.15. The molecule has 0 aromatic heterocycles. The van der Waals surface area contributed by atoms with Crippen LogP contribution in [-0.4, -0.2) is 37.3 Å². The van der Waals surface area contributed by atoms with Crippen LogP contribution in [0, 0.1) is 5.92 Å². The minimum Gasteiger partial charge on any atom is -0.493 e. The van der Waals surface area contributed by atoms with Crippen LogP contribution in [0.25, 0.3) is 0 Å². The van der Waals surface area contributed by atoms with Crippen molar-refractivity contribution >= 4 is 11.4 Å². The van der Waals surface area contributed by atoms with Crippen molar-refractivity contribution in [3.8, 4) is 11.5 Å². The van der Waals surface area contributed by atoms with E-state index in [0.29, 0.717) is 25.7 Å². The molecule has 0 fully saturated rings. The Balaban J connectivity index is 0.000000161. The molecule has 0 spiro atoms. The van der Waals surface area contributed by atoms with Crippen LogP contribution in [0.2, 0.25) is 0 Å². The van der Waals surface area contributed by atoms with Gasteiger partial charge in [-0.1, -0.05) is 46.7 Å². The lowest BCUT2D eigenvalue weighted by atomic mass is 10.1. The number of hydrogen-bond donors (Lipinski definition) is 0. The SMILES string of the molecule is CC1=NOC(COc2ccccc2)C1.CC1=NOCC1COc1ccccc1. The molecule has 148 valence electrons. The van der Waals surface area contributed by atoms with Gasteiger partial charge in [0.1, 0.15) is 24.7 Å². The number of oxime groups is 2. The lowest BCUT2D eigenvalue weighted by Crippen LogP contribution is -2.19. The molecular formula is C22H26N2O4. The minimum atomic E-state index is 0.0789. The second-order valence-electron chi connectivity index (χ2n) is 6.73. The minimum absolute atomic E-state index is 0.0789. The van der Waals surface area contributed by atoms with Crippen LogP contribution < -0.4 is 9.47 Å². The first kappa shape index (κ1) is 19.7. The predicted octanol–water partition coefficient (Wildman–Crippen LogP) is 4.32. The van der Waals surface area contributed by atoms with Gasteiger partial charge in [0.15, 0.2) is 6.10 Å². The molecule has 0 aliphatic carbocycles. The van der Waals surface area contributed by atoms with Gasteiger partial charge in [0.2, 0.25) is 0 Å². The van der Waals surface area contributed by atoms with Crippen LogP contribution in [0.15, 0.2) is 71.0 Å². The third-order valence-electron chi connectivity index (χ3n) is 4.33. The molecule has 2 aliphatic rings. The number of ether oxygens (including phenoxy) is 2. The van der Waals surface area contributed by atoms with Gasteiger partial charge >= 0.3 is 0 Å². The summed E-state index contributed by atoms with van der Waals surface area (Å²) in [6, 6.07) is 19.5. The molecule has 28 heavy (non-hydrogen) atoms. The Labute approximate surface area is 165 Å². The highest BCUT2D eigenvalue weighted by atomic mass is 16.7. The average molecular weight is 382 g/mol. The van der Waals surface area contributed by atoms with Gasteiger partial charge in [-0.15, -0.1) is 0 Å². The summed E-state index contributed by atoms with van der Waals surface area (Å²) in [6.45, 7) is 5.76. The van der Waals surface area contributed by atoms with Gasteiger partial charge in [0, 0.05) is 6.42 Å².